The minimum atomic E-state index is 0.525. The maximum Gasteiger partial charge on any atom is 0.170 e. The van der Waals surface area contributed by atoms with Gasteiger partial charge in [0.05, 0.1) is 5.52 Å². The first kappa shape index (κ1) is 10.5. The number of aldehydes is 1. The number of aromatic nitrogens is 2. The lowest BCUT2D eigenvalue weighted by Gasteiger charge is -2.09. The van der Waals surface area contributed by atoms with Gasteiger partial charge in [0.25, 0.3) is 0 Å². The van der Waals surface area contributed by atoms with Crippen LogP contribution in [-0.2, 0) is 0 Å². The monoisotopic (exact) mass is 228 g/mol. The average molecular weight is 228 g/mol. The Morgan fingerprint density at radius 3 is 2.82 bits per heavy atom. The van der Waals surface area contributed by atoms with Crippen LogP contribution in [0.4, 0.5) is 0 Å². The molecular formula is C14H16N2O. The molecule has 0 N–H and O–H groups in total. The average Bonchev–Trinajstić information content (AvgIpc) is 2.95. The molecule has 3 heteroatoms. The molecule has 0 bridgehead atoms. The minimum Gasteiger partial charge on any atom is -0.300 e. The second kappa shape index (κ2) is 3.99. The van der Waals surface area contributed by atoms with Gasteiger partial charge in [0, 0.05) is 11.6 Å². The van der Waals surface area contributed by atoms with Gasteiger partial charge in [-0.2, -0.15) is 0 Å². The van der Waals surface area contributed by atoms with Crippen molar-refractivity contribution in [2.45, 2.75) is 38.5 Å². The van der Waals surface area contributed by atoms with E-state index in [0.29, 0.717) is 11.6 Å². The normalized spacial score (nSPS) is 16.8. The van der Waals surface area contributed by atoms with Crippen LogP contribution in [0, 0.1) is 6.92 Å². The molecule has 0 amide bonds. The molecule has 2 heterocycles. The number of aryl methyl sites for hydroxylation is 1. The molecule has 0 unspecified atom stereocenters. The van der Waals surface area contributed by atoms with Gasteiger partial charge in [-0.1, -0.05) is 18.9 Å². The van der Waals surface area contributed by atoms with Crippen LogP contribution >= 0.6 is 0 Å². The van der Waals surface area contributed by atoms with Crippen LogP contribution in [0.2, 0.25) is 0 Å². The highest BCUT2D eigenvalue weighted by atomic mass is 16.1. The molecule has 0 spiro atoms. The lowest BCUT2D eigenvalue weighted by atomic mass is 10.1. The van der Waals surface area contributed by atoms with E-state index in [2.05, 4.69) is 22.4 Å². The van der Waals surface area contributed by atoms with Crippen LogP contribution in [0.15, 0.2) is 18.2 Å². The van der Waals surface area contributed by atoms with E-state index in [1.807, 2.05) is 12.1 Å². The smallest absolute Gasteiger partial charge is 0.170 e. The molecule has 0 aromatic carbocycles. The summed E-state index contributed by atoms with van der Waals surface area (Å²) < 4.78 is 2.15. The van der Waals surface area contributed by atoms with Crippen LogP contribution < -0.4 is 0 Å². The molecule has 1 saturated carbocycles. The number of hydrogen-bond acceptors (Lipinski definition) is 2. The van der Waals surface area contributed by atoms with Crippen LogP contribution in [-0.4, -0.2) is 15.7 Å². The number of hydrogen-bond donors (Lipinski definition) is 0. The number of nitrogens with zero attached hydrogens (tertiary/aromatic N) is 2. The van der Waals surface area contributed by atoms with Gasteiger partial charge in [-0.05, 0) is 31.9 Å². The van der Waals surface area contributed by atoms with Crippen molar-refractivity contribution in [1.82, 2.24) is 9.38 Å². The predicted octanol–water partition coefficient (Wildman–Crippen LogP) is 3.11. The number of imidazole rings is 1. The molecule has 0 saturated heterocycles. The highest BCUT2D eigenvalue weighted by Crippen LogP contribution is 2.34. The Balaban J connectivity index is 2.26. The van der Waals surface area contributed by atoms with Crippen LogP contribution in [0.5, 0.6) is 0 Å². The zero-order valence-electron chi connectivity index (χ0n) is 10.0. The number of carbonyl (C=O) groups excluding carboxylic acids is 1. The number of pyridine rings is 1. The van der Waals surface area contributed by atoms with Crippen molar-refractivity contribution in [3.8, 4) is 0 Å². The topological polar surface area (TPSA) is 34.4 Å². The second-order valence-electron chi connectivity index (χ2n) is 4.84. The van der Waals surface area contributed by atoms with E-state index in [4.69, 9.17) is 0 Å². The summed E-state index contributed by atoms with van der Waals surface area (Å²) in [5, 5.41) is 0. The Morgan fingerprint density at radius 1 is 1.35 bits per heavy atom. The van der Waals surface area contributed by atoms with E-state index >= 15 is 0 Å². The maximum atomic E-state index is 11.1. The van der Waals surface area contributed by atoms with E-state index in [1.54, 1.807) is 0 Å². The summed E-state index contributed by atoms with van der Waals surface area (Å²) in [5.41, 5.74) is 2.68. The Labute approximate surface area is 100 Å². The van der Waals surface area contributed by atoms with E-state index in [0.717, 1.165) is 23.3 Å². The number of rotatable bonds is 2. The molecule has 88 valence electrons. The van der Waals surface area contributed by atoms with Crippen molar-refractivity contribution >= 4 is 11.8 Å². The summed E-state index contributed by atoms with van der Waals surface area (Å²) in [6, 6.07) is 6.03. The zero-order valence-corrected chi connectivity index (χ0v) is 10.0. The number of fused-ring (bicyclic) bond motifs is 1. The summed E-state index contributed by atoms with van der Waals surface area (Å²) in [6.45, 7) is 2.07. The van der Waals surface area contributed by atoms with Gasteiger partial charge in [0.1, 0.15) is 11.5 Å². The lowest BCUT2D eigenvalue weighted by Crippen LogP contribution is -2.02. The Kier molecular flexibility index (Phi) is 2.46. The molecule has 2 aromatic rings. The summed E-state index contributed by atoms with van der Waals surface area (Å²) in [6.07, 6.45) is 5.83. The van der Waals surface area contributed by atoms with Crippen molar-refractivity contribution < 1.29 is 4.79 Å². The molecule has 0 atom stereocenters. The number of carbonyl (C=O) groups is 1. The summed E-state index contributed by atoms with van der Waals surface area (Å²) in [5.74, 6) is 1.61. The quantitative estimate of drug-likeness (QED) is 0.740. The highest BCUT2D eigenvalue weighted by Gasteiger charge is 2.23. The molecule has 3 nitrogen and oxygen atoms in total. The SMILES string of the molecule is Cc1cccc2c(C=O)nc(C3CCCC3)n12. The third-order valence-corrected chi connectivity index (χ3v) is 3.74. The second-order valence-corrected chi connectivity index (χ2v) is 4.84. The molecular weight excluding hydrogens is 212 g/mol. The first-order valence-electron chi connectivity index (χ1n) is 6.24. The Morgan fingerprint density at radius 2 is 2.12 bits per heavy atom. The molecule has 1 aliphatic carbocycles. The predicted molar refractivity (Wildman–Crippen MR) is 66.5 cm³/mol. The third kappa shape index (κ3) is 1.57. The molecule has 0 aliphatic heterocycles. The minimum absolute atomic E-state index is 0.525. The largest absolute Gasteiger partial charge is 0.300 e. The van der Waals surface area contributed by atoms with Crippen molar-refractivity contribution in [3.05, 3.63) is 35.4 Å². The third-order valence-electron chi connectivity index (χ3n) is 3.74. The van der Waals surface area contributed by atoms with Crippen molar-refractivity contribution in [2.75, 3.05) is 0 Å². The summed E-state index contributed by atoms with van der Waals surface area (Å²) >= 11 is 0. The van der Waals surface area contributed by atoms with Crippen molar-refractivity contribution in [1.29, 1.82) is 0 Å². The fourth-order valence-corrected chi connectivity index (χ4v) is 2.90. The fourth-order valence-electron chi connectivity index (χ4n) is 2.90. The molecule has 3 rings (SSSR count). The first-order valence-corrected chi connectivity index (χ1v) is 6.24. The van der Waals surface area contributed by atoms with E-state index in [-0.39, 0.29) is 0 Å². The fraction of sp³-hybridized carbons (Fsp3) is 0.429. The standard InChI is InChI=1S/C14H16N2O/c1-10-5-4-8-13-12(9-17)15-14(16(10)13)11-6-2-3-7-11/h4-5,8-9,11H,2-3,6-7H2,1H3. The van der Waals surface area contributed by atoms with Crippen LogP contribution in [0.25, 0.3) is 5.52 Å². The molecule has 2 aromatic heterocycles. The van der Waals surface area contributed by atoms with Gasteiger partial charge >= 0.3 is 0 Å². The summed E-state index contributed by atoms with van der Waals surface area (Å²) in [4.78, 5) is 15.6. The van der Waals surface area contributed by atoms with E-state index in [1.165, 1.54) is 25.7 Å². The summed E-state index contributed by atoms with van der Waals surface area (Å²) in [7, 11) is 0. The lowest BCUT2D eigenvalue weighted by molar-refractivity contribution is 0.112. The Bertz CT molecular complexity index is 565. The molecule has 0 radical (unpaired) electrons. The van der Waals surface area contributed by atoms with Crippen LogP contribution in [0.3, 0.4) is 0 Å². The zero-order chi connectivity index (χ0) is 11.8. The van der Waals surface area contributed by atoms with Crippen LogP contribution in [0.1, 0.15) is 53.6 Å². The van der Waals surface area contributed by atoms with Gasteiger partial charge in [-0.15, -0.1) is 0 Å². The van der Waals surface area contributed by atoms with Gasteiger partial charge < -0.3 is 4.40 Å². The van der Waals surface area contributed by atoms with Gasteiger partial charge in [0.15, 0.2) is 6.29 Å². The molecule has 1 fully saturated rings. The van der Waals surface area contributed by atoms with Crippen molar-refractivity contribution in [3.63, 3.8) is 0 Å². The van der Waals surface area contributed by atoms with E-state index in [9.17, 15) is 4.79 Å². The van der Waals surface area contributed by atoms with E-state index < -0.39 is 0 Å². The molecule has 1 aliphatic rings. The maximum absolute atomic E-state index is 11.1. The first-order chi connectivity index (χ1) is 8.31. The van der Waals surface area contributed by atoms with Gasteiger partial charge in [-0.25, -0.2) is 4.98 Å². The Hall–Kier alpha value is -1.64. The van der Waals surface area contributed by atoms with Crippen molar-refractivity contribution in [2.24, 2.45) is 0 Å². The van der Waals surface area contributed by atoms with Gasteiger partial charge in [-0.3, -0.25) is 4.79 Å². The highest BCUT2D eigenvalue weighted by molar-refractivity contribution is 5.84. The molecule has 17 heavy (non-hydrogen) atoms. The van der Waals surface area contributed by atoms with Gasteiger partial charge in [0.2, 0.25) is 0 Å².